The van der Waals surface area contributed by atoms with E-state index in [2.05, 4.69) is 31.5 Å². The minimum absolute atomic E-state index is 0.187. The van der Waals surface area contributed by atoms with Crippen molar-refractivity contribution in [1.82, 2.24) is 5.32 Å². The van der Waals surface area contributed by atoms with Crippen LogP contribution in [0.1, 0.15) is 21.5 Å². The highest BCUT2D eigenvalue weighted by Gasteiger charge is 2.13. The topological polar surface area (TPSA) is 52.0 Å². The summed E-state index contributed by atoms with van der Waals surface area (Å²) in [7, 11) is 7.36. The van der Waals surface area contributed by atoms with Gasteiger partial charge in [0.15, 0.2) is 0 Å². The fraction of sp³-hybridized carbons (Fsp3) is 0.316. The Morgan fingerprint density at radius 1 is 1.00 bits per heavy atom. The smallest absolute Gasteiger partial charge is 0.255 e. The highest BCUT2D eigenvalue weighted by atomic mass is 16.5. The fourth-order valence-electron chi connectivity index (χ4n) is 2.45. The third-order valence-corrected chi connectivity index (χ3v) is 3.68. The summed E-state index contributed by atoms with van der Waals surface area (Å²) < 4.78 is 10.4. The Hall–Kier alpha value is -2.53. The third kappa shape index (κ3) is 4.73. The molecule has 2 aromatic carbocycles. The summed E-state index contributed by atoms with van der Waals surface area (Å²) >= 11 is 0. The van der Waals surface area contributed by atoms with Crippen molar-refractivity contribution >= 4 is 5.91 Å². The summed E-state index contributed by atoms with van der Waals surface area (Å²) in [5.41, 5.74) is 2.80. The Morgan fingerprint density at radius 3 is 2.25 bits per heavy atom. The molecule has 0 bridgehead atoms. The van der Waals surface area contributed by atoms with E-state index in [0.29, 0.717) is 23.6 Å². The number of hydrogen-bond donors (Lipinski definition) is 2. The lowest BCUT2D eigenvalue weighted by atomic mass is 10.1. The first-order chi connectivity index (χ1) is 11.5. The van der Waals surface area contributed by atoms with Gasteiger partial charge in [0.2, 0.25) is 0 Å². The lowest BCUT2D eigenvalue weighted by Gasteiger charge is -2.11. The van der Waals surface area contributed by atoms with Gasteiger partial charge in [0.1, 0.15) is 18.0 Å². The Labute approximate surface area is 143 Å². The molecule has 0 aromatic heterocycles. The standard InChI is InChI=1S/C19H24N2O3/c1-21(2)13-15-7-5-14(6-8-15)12-20-19(22)17-11-16(23-3)9-10-18(17)24-4/h5-11H,12-13H2,1-4H3,(H,20,22)/p+1. The van der Waals surface area contributed by atoms with Gasteiger partial charge in [-0.15, -0.1) is 0 Å². The quantitative estimate of drug-likeness (QED) is 0.805. The van der Waals surface area contributed by atoms with Crippen molar-refractivity contribution in [3.8, 4) is 11.5 Å². The van der Waals surface area contributed by atoms with E-state index in [1.54, 1.807) is 32.4 Å². The zero-order valence-electron chi connectivity index (χ0n) is 14.7. The number of carbonyl (C=O) groups excluding carboxylic acids is 1. The lowest BCUT2D eigenvalue weighted by Crippen LogP contribution is -3.04. The van der Waals surface area contributed by atoms with Crippen LogP contribution in [-0.2, 0) is 13.1 Å². The van der Waals surface area contributed by atoms with Crippen molar-refractivity contribution in [2.45, 2.75) is 13.1 Å². The first kappa shape index (κ1) is 17.8. The molecule has 2 N–H and O–H groups in total. The molecule has 0 heterocycles. The summed E-state index contributed by atoms with van der Waals surface area (Å²) in [4.78, 5) is 13.8. The minimum atomic E-state index is -0.187. The van der Waals surface area contributed by atoms with Crippen LogP contribution in [0.25, 0.3) is 0 Å². The molecule has 1 amide bonds. The number of quaternary nitrogens is 1. The van der Waals surface area contributed by atoms with Crippen LogP contribution >= 0.6 is 0 Å². The van der Waals surface area contributed by atoms with Gasteiger partial charge in [0.25, 0.3) is 5.91 Å². The predicted octanol–water partition coefficient (Wildman–Crippen LogP) is 1.28. The second kappa shape index (κ2) is 8.36. The van der Waals surface area contributed by atoms with Gasteiger partial charge in [0.05, 0.1) is 33.9 Å². The van der Waals surface area contributed by atoms with Gasteiger partial charge in [-0.1, -0.05) is 24.3 Å². The molecule has 0 unspecified atom stereocenters. The van der Waals surface area contributed by atoms with Crippen molar-refractivity contribution in [1.29, 1.82) is 0 Å². The van der Waals surface area contributed by atoms with Crippen molar-refractivity contribution in [2.24, 2.45) is 0 Å². The van der Waals surface area contributed by atoms with Gasteiger partial charge in [-0.05, 0) is 23.8 Å². The maximum absolute atomic E-state index is 12.4. The zero-order valence-corrected chi connectivity index (χ0v) is 14.7. The molecule has 0 aliphatic carbocycles. The summed E-state index contributed by atoms with van der Waals surface area (Å²) in [6.45, 7) is 1.45. The zero-order chi connectivity index (χ0) is 17.5. The molecule has 0 saturated carbocycles. The molecule has 0 radical (unpaired) electrons. The van der Waals surface area contributed by atoms with Crippen LogP contribution in [0.3, 0.4) is 0 Å². The lowest BCUT2D eigenvalue weighted by molar-refractivity contribution is -0.872. The van der Waals surface area contributed by atoms with Crippen LogP contribution in [0.5, 0.6) is 11.5 Å². The van der Waals surface area contributed by atoms with Gasteiger partial charge in [-0.3, -0.25) is 4.79 Å². The highest BCUT2D eigenvalue weighted by molar-refractivity contribution is 5.97. The maximum Gasteiger partial charge on any atom is 0.255 e. The maximum atomic E-state index is 12.4. The molecule has 5 heteroatoms. The summed E-state index contributed by atoms with van der Waals surface area (Å²) in [6.07, 6.45) is 0. The Kier molecular flexibility index (Phi) is 6.21. The minimum Gasteiger partial charge on any atom is -0.497 e. The normalized spacial score (nSPS) is 10.5. The molecule has 128 valence electrons. The van der Waals surface area contributed by atoms with Crippen LogP contribution < -0.4 is 19.7 Å². The number of carbonyl (C=O) groups is 1. The molecule has 0 spiro atoms. The van der Waals surface area contributed by atoms with Crippen LogP contribution in [-0.4, -0.2) is 34.2 Å². The first-order valence-corrected chi connectivity index (χ1v) is 7.90. The second-order valence-electron chi connectivity index (χ2n) is 5.95. The van der Waals surface area contributed by atoms with E-state index in [1.165, 1.54) is 10.5 Å². The molecule has 5 nitrogen and oxygen atoms in total. The molecule has 2 rings (SSSR count). The molecule has 2 aromatic rings. The average Bonchev–Trinajstić information content (AvgIpc) is 2.59. The SMILES string of the molecule is COc1ccc(OC)c(C(=O)NCc2ccc(C[NH+](C)C)cc2)c1. The molecular weight excluding hydrogens is 304 g/mol. The molecule has 0 fully saturated rings. The highest BCUT2D eigenvalue weighted by Crippen LogP contribution is 2.23. The van der Waals surface area contributed by atoms with Crippen LogP contribution in [0.2, 0.25) is 0 Å². The second-order valence-corrected chi connectivity index (χ2v) is 5.95. The van der Waals surface area contributed by atoms with E-state index in [1.807, 2.05) is 12.1 Å². The number of rotatable bonds is 7. The molecule has 0 aliphatic heterocycles. The van der Waals surface area contributed by atoms with E-state index in [4.69, 9.17) is 9.47 Å². The van der Waals surface area contributed by atoms with Gasteiger partial charge in [-0.2, -0.15) is 0 Å². The van der Waals surface area contributed by atoms with E-state index in [0.717, 1.165) is 12.1 Å². The van der Waals surface area contributed by atoms with Crippen LogP contribution in [0.4, 0.5) is 0 Å². The van der Waals surface area contributed by atoms with Gasteiger partial charge in [-0.25, -0.2) is 0 Å². The van der Waals surface area contributed by atoms with Crippen molar-refractivity contribution in [3.05, 3.63) is 59.2 Å². The van der Waals surface area contributed by atoms with Gasteiger partial charge < -0.3 is 19.7 Å². The van der Waals surface area contributed by atoms with E-state index in [-0.39, 0.29) is 5.91 Å². The third-order valence-electron chi connectivity index (χ3n) is 3.68. The number of methoxy groups -OCH3 is 2. The van der Waals surface area contributed by atoms with Crippen LogP contribution in [0.15, 0.2) is 42.5 Å². The number of hydrogen-bond acceptors (Lipinski definition) is 3. The van der Waals surface area contributed by atoms with Crippen molar-refractivity contribution in [3.63, 3.8) is 0 Å². The molecule has 24 heavy (non-hydrogen) atoms. The number of amides is 1. The molecule has 0 saturated heterocycles. The van der Waals surface area contributed by atoms with Gasteiger partial charge >= 0.3 is 0 Å². The fourth-order valence-corrected chi connectivity index (χ4v) is 2.45. The number of benzene rings is 2. The first-order valence-electron chi connectivity index (χ1n) is 7.90. The van der Waals surface area contributed by atoms with E-state index >= 15 is 0 Å². The van der Waals surface area contributed by atoms with Crippen molar-refractivity contribution in [2.75, 3.05) is 28.3 Å². The Bertz CT molecular complexity index is 682. The monoisotopic (exact) mass is 329 g/mol. The number of nitrogens with one attached hydrogen (secondary N) is 2. The van der Waals surface area contributed by atoms with Crippen molar-refractivity contribution < 1.29 is 19.2 Å². The Balaban J connectivity index is 2.02. The van der Waals surface area contributed by atoms with E-state index < -0.39 is 0 Å². The summed E-state index contributed by atoms with van der Waals surface area (Å²) in [5.74, 6) is 0.960. The van der Waals surface area contributed by atoms with Crippen LogP contribution in [0, 0.1) is 0 Å². The average molecular weight is 329 g/mol. The molecular formula is C19H25N2O3+. The van der Waals surface area contributed by atoms with Gasteiger partial charge in [0, 0.05) is 12.1 Å². The number of ether oxygens (including phenoxy) is 2. The summed E-state index contributed by atoms with van der Waals surface area (Å²) in [5, 5.41) is 2.92. The molecule has 0 aliphatic rings. The summed E-state index contributed by atoms with van der Waals surface area (Å²) in [6, 6.07) is 13.5. The van der Waals surface area contributed by atoms with E-state index in [9.17, 15) is 4.79 Å². The molecule has 0 atom stereocenters. The Morgan fingerprint density at radius 2 is 1.67 bits per heavy atom. The predicted molar refractivity (Wildman–Crippen MR) is 93.7 cm³/mol. The largest absolute Gasteiger partial charge is 0.497 e.